The number of hydrogen-bond acceptors (Lipinski definition) is 7. The number of esters is 2. The van der Waals surface area contributed by atoms with E-state index >= 15 is 0 Å². The second-order valence-electron chi connectivity index (χ2n) is 30.1. The van der Waals surface area contributed by atoms with E-state index in [0.717, 1.165) is 44.9 Å². The maximum Gasteiger partial charge on any atom is 0.361 e. The summed E-state index contributed by atoms with van der Waals surface area (Å²) < 4.78 is 23.1. The number of unbranched alkanes of at least 4 members (excludes halogenated alkanes) is 59. The lowest BCUT2D eigenvalue weighted by molar-refractivity contribution is -0.870. The SMILES string of the molecule is CCCCCCC/C=C\C/C=C\CCCCCCCCCCCCCCCCCCCCCCCCCCCCCC(=O)OC(COC(=O)CCCCCCCCCCCCCCCCCCCCC/C=C\CCCCCCCCCC)COC(OCC[N+](C)(C)C)C(=O)O. The number of rotatable bonds is 80. The number of carboxylic acids is 1. The molecule has 95 heavy (non-hydrogen) atoms. The molecule has 0 rings (SSSR count). The average molecular weight is 1340 g/mol. The Morgan fingerprint density at radius 2 is 0.568 bits per heavy atom. The highest BCUT2D eigenvalue weighted by Crippen LogP contribution is 2.20. The summed E-state index contributed by atoms with van der Waals surface area (Å²) in [5, 5.41) is 9.78. The molecule has 0 amide bonds. The van der Waals surface area contributed by atoms with Crippen molar-refractivity contribution in [1.29, 1.82) is 0 Å². The van der Waals surface area contributed by atoms with E-state index in [9.17, 15) is 19.5 Å². The van der Waals surface area contributed by atoms with E-state index in [2.05, 4.69) is 50.3 Å². The zero-order valence-electron chi connectivity index (χ0n) is 64.4. The van der Waals surface area contributed by atoms with Crippen LogP contribution in [0.25, 0.3) is 0 Å². The minimum absolute atomic E-state index is 0.175. The van der Waals surface area contributed by atoms with Gasteiger partial charge in [0, 0.05) is 12.8 Å². The van der Waals surface area contributed by atoms with Gasteiger partial charge in [0.05, 0.1) is 34.4 Å². The molecule has 0 aliphatic rings. The van der Waals surface area contributed by atoms with Crippen LogP contribution >= 0.6 is 0 Å². The number of carbonyl (C=O) groups excluding carboxylic acids is 2. The number of aliphatic carboxylic acids is 1. The number of ether oxygens (including phenoxy) is 4. The van der Waals surface area contributed by atoms with Crippen molar-refractivity contribution in [1.82, 2.24) is 0 Å². The van der Waals surface area contributed by atoms with E-state index in [-0.39, 0.29) is 38.2 Å². The fourth-order valence-electron chi connectivity index (χ4n) is 12.9. The Labute approximate surface area is 591 Å². The molecule has 0 fully saturated rings. The van der Waals surface area contributed by atoms with Crippen molar-refractivity contribution < 1.29 is 42.9 Å². The van der Waals surface area contributed by atoms with Crippen molar-refractivity contribution >= 4 is 17.9 Å². The van der Waals surface area contributed by atoms with Crippen molar-refractivity contribution in [3.05, 3.63) is 36.5 Å². The Balaban J connectivity index is 3.93. The van der Waals surface area contributed by atoms with Gasteiger partial charge in [-0.3, -0.25) is 9.59 Å². The average Bonchev–Trinajstić information content (AvgIpc) is 2.92. The smallest absolute Gasteiger partial charge is 0.361 e. The van der Waals surface area contributed by atoms with Gasteiger partial charge in [0.15, 0.2) is 6.10 Å². The monoisotopic (exact) mass is 1340 g/mol. The first-order valence-electron chi connectivity index (χ1n) is 42.2. The zero-order chi connectivity index (χ0) is 69.0. The Hall–Kier alpha value is -2.49. The van der Waals surface area contributed by atoms with E-state index in [1.165, 1.54) is 366 Å². The van der Waals surface area contributed by atoms with Crippen LogP contribution in [0.3, 0.4) is 0 Å². The second kappa shape index (κ2) is 77.3. The van der Waals surface area contributed by atoms with Crippen molar-refractivity contribution in [2.75, 3.05) is 47.5 Å². The molecule has 0 aromatic rings. The molecule has 0 spiro atoms. The number of nitrogens with zero attached hydrogens (tertiary/aromatic N) is 1. The molecule has 1 N–H and O–H groups in total. The number of hydrogen-bond donors (Lipinski definition) is 1. The van der Waals surface area contributed by atoms with Crippen LogP contribution in [0.1, 0.15) is 438 Å². The van der Waals surface area contributed by atoms with Crippen LogP contribution in [0.15, 0.2) is 36.5 Å². The first kappa shape index (κ1) is 92.5. The lowest BCUT2D eigenvalue weighted by Gasteiger charge is -2.25. The molecule has 9 nitrogen and oxygen atoms in total. The van der Waals surface area contributed by atoms with Crippen LogP contribution in [-0.2, 0) is 33.3 Å². The van der Waals surface area contributed by atoms with E-state index in [4.69, 9.17) is 18.9 Å². The molecule has 560 valence electrons. The summed E-state index contributed by atoms with van der Waals surface area (Å²) in [7, 11) is 6.00. The van der Waals surface area contributed by atoms with Gasteiger partial charge in [-0.1, -0.05) is 391 Å². The standard InChI is InChI=1S/C86H163NO8/c1-6-8-10-12-14-16-18-20-22-24-26-28-30-32-34-36-38-39-40-41-42-43-44-45-47-49-51-53-55-57-59-61-63-65-67-69-71-73-75-77-84(89)95-82(81-94-86(85(90)91)92-79-78-87(3,4)5)80-93-83(88)76-74-72-70-68-66-64-62-60-58-56-54-52-50-48-46-37-35-33-31-29-27-25-23-21-19-17-15-13-11-9-7-2/h18,20,24-27,82,86H,6-17,19,21-23,28-81H2,1-5H3/p+1/b20-18-,26-24-,27-25-. The molecule has 0 saturated heterocycles. The van der Waals surface area contributed by atoms with E-state index in [1.807, 2.05) is 21.1 Å². The summed E-state index contributed by atoms with van der Waals surface area (Å²) in [5.74, 6) is -1.97. The quantitative estimate of drug-likeness (QED) is 0.0211. The summed E-state index contributed by atoms with van der Waals surface area (Å²) in [6.07, 6.45) is 97.5. The highest BCUT2D eigenvalue weighted by molar-refractivity contribution is 5.71. The predicted molar refractivity (Wildman–Crippen MR) is 411 cm³/mol. The molecule has 0 heterocycles. The number of carboxylic acid groups (broad SMARTS) is 1. The number of carbonyl (C=O) groups is 3. The van der Waals surface area contributed by atoms with Crippen molar-refractivity contribution in [2.45, 2.75) is 450 Å². The van der Waals surface area contributed by atoms with Crippen LogP contribution in [0, 0.1) is 0 Å². The molecule has 0 saturated carbocycles. The van der Waals surface area contributed by atoms with Gasteiger partial charge >= 0.3 is 17.9 Å². The topological polar surface area (TPSA) is 108 Å². The normalized spacial score (nSPS) is 12.7. The van der Waals surface area contributed by atoms with E-state index in [0.29, 0.717) is 17.4 Å². The van der Waals surface area contributed by atoms with Gasteiger partial charge in [-0.2, -0.15) is 0 Å². The van der Waals surface area contributed by atoms with Crippen LogP contribution in [0.2, 0.25) is 0 Å². The molecular weight excluding hydrogens is 1170 g/mol. The van der Waals surface area contributed by atoms with Gasteiger partial charge in [0.25, 0.3) is 6.29 Å². The highest BCUT2D eigenvalue weighted by Gasteiger charge is 2.25. The second-order valence-corrected chi connectivity index (χ2v) is 30.1. The molecule has 2 unspecified atom stereocenters. The van der Waals surface area contributed by atoms with Gasteiger partial charge in [0.2, 0.25) is 0 Å². The number of quaternary nitrogens is 1. The maximum absolute atomic E-state index is 13.0. The van der Waals surface area contributed by atoms with Gasteiger partial charge in [-0.05, 0) is 70.6 Å². The molecule has 0 bridgehead atoms. The molecule has 0 radical (unpaired) electrons. The van der Waals surface area contributed by atoms with Gasteiger partial charge in [-0.15, -0.1) is 0 Å². The molecule has 0 aromatic heterocycles. The third-order valence-corrected chi connectivity index (χ3v) is 19.4. The molecule has 0 aliphatic heterocycles. The van der Waals surface area contributed by atoms with Gasteiger partial charge < -0.3 is 28.5 Å². The van der Waals surface area contributed by atoms with Gasteiger partial charge in [0.1, 0.15) is 13.2 Å². The van der Waals surface area contributed by atoms with Crippen LogP contribution in [0.5, 0.6) is 0 Å². The minimum atomic E-state index is -1.51. The molecule has 9 heteroatoms. The molecule has 2 atom stereocenters. The third kappa shape index (κ3) is 78.7. The van der Waals surface area contributed by atoms with Crippen LogP contribution in [0.4, 0.5) is 0 Å². The Kier molecular flexibility index (Phi) is 75.2. The minimum Gasteiger partial charge on any atom is -0.477 e. The van der Waals surface area contributed by atoms with Crippen LogP contribution < -0.4 is 0 Å². The summed E-state index contributed by atoms with van der Waals surface area (Å²) in [4.78, 5) is 37.8. The molecule has 0 aromatic carbocycles. The molecule has 0 aliphatic carbocycles. The summed E-state index contributed by atoms with van der Waals surface area (Å²) in [6.45, 7) is 4.95. The lowest BCUT2D eigenvalue weighted by atomic mass is 10.0. The fraction of sp³-hybridized carbons (Fsp3) is 0.895. The number of allylic oxidation sites excluding steroid dienone is 6. The Bertz CT molecular complexity index is 1650. The summed E-state index contributed by atoms with van der Waals surface area (Å²) in [5.41, 5.74) is 0. The van der Waals surface area contributed by atoms with Crippen molar-refractivity contribution in [3.63, 3.8) is 0 Å². The van der Waals surface area contributed by atoms with Crippen molar-refractivity contribution in [2.24, 2.45) is 0 Å². The fourth-order valence-corrected chi connectivity index (χ4v) is 12.9. The first-order chi connectivity index (χ1) is 46.6. The lowest BCUT2D eigenvalue weighted by Crippen LogP contribution is -2.40. The number of likely N-dealkylation sites (N-methyl/N-ethyl adjacent to an activating group) is 1. The summed E-state index contributed by atoms with van der Waals surface area (Å²) in [6, 6.07) is 0. The third-order valence-electron chi connectivity index (χ3n) is 19.4. The highest BCUT2D eigenvalue weighted by atomic mass is 16.7. The van der Waals surface area contributed by atoms with Crippen molar-refractivity contribution in [3.8, 4) is 0 Å². The Morgan fingerprint density at radius 1 is 0.316 bits per heavy atom. The molecular formula is C86H164NO8+. The maximum atomic E-state index is 13.0. The Morgan fingerprint density at radius 3 is 0.842 bits per heavy atom. The predicted octanol–water partition coefficient (Wildman–Crippen LogP) is 27.0. The zero-order valence-corrected chi connectivity index (χ0v) is 64.4. The first-order valence-corrected chi connectivity index (χ1v) is 42.2. The largest absolute Gasteiger partial charge is 0.477 e. The summed E-state index contributed by atoms with van der Waals surface area (Å²) >= 11 is 0. The van der Waals surface area contributed by atoms with E-state index in [1.54, 1.807) is 0 Å². The van der Waals surface area contributed by atoms with E-state index < -0.39 is 18.4 Å². The van der Waals surface area contributed by atoms with Crippen LogP contribution in [-0.4, -0.2) is 87.4 Å². The van der Waals surface area contributed by atoms with Gasteiger partial charge in [-0.25, -0.2) is 4.79 Å².